The first-order valence-corrected chi connectivity index (χ1v) is 41.8. The lowest BCUT2D eigenvalue weighted by molar-refractivity contribution is -0.138. The number of amides is 2. The first-order chi connectivity index (χ1) is 51.7. The van der Waals surface area contributed by atoms with Gasteiger partial charge in [0.15, 0.2) is 0 Å². The summed E-state index contributed by atoms with van der Waals surface area (Å²) in [5, 5.41) is 74.2. The van der Waals surface area contributed by atoms with Gasteiger partial charge >= 0.3 is 0 Å². The molecule has 3 heterocycles. The maximum atomic E-state index is 14.1. The predicted molar refractivity (Wildman–Crippen MR) is 433 cm³/mol. The molecule has 3 saturated carbocycles. The smallest absolute Gasteiger partial charge is 0.222 e. The highest BCUT2D eigenvalue weighted by Crippen LogP contribution is 2.44. The number of ether oxygens (including phenoxy) is 3. The van der Waals surface area contributed by atoms with Crippen molar-refractivity contribution in [2.75, 3.05) is 122 Å². The zero-order valence-electron chi connectivity index (χ0n) is 68.3. The number of carbonyl (C=O) groups is 2. The molecule has 18 nitrogen and oxygen atoms in total. The van der Waals surface area contributed by atoms with Crippen molar-refractivity contribution >= 4 is 24.2 Å². The van der Waals surface area contributed by atoms with Gasteiger partial charge in [0.05, 0.1) is 33.6 Å². The lowest BCUT2D eigenvalue weighted by Crippen LogP contribution is -2.48. The largest absolute Gasteiger partial charge is 0.390 e. The second kappa shape index (κ2) is 49.1. The van der Waals surface area contributed by atoms with Gasteiger partial charge in [-0.1, -0.05) is 94.2 Å². The normalized spacial score (nSPS) is 22.4. The standard InChI is InChI=1S/C30H49FN2O4.C29H47FN2O4.C17H26FNO2.C11H24N2O.ClH/c1-32(2)27(22-29(35)16-5-4-6-17-29)14-15-28(34)33-19-10-12-25(23-33)30(36,18-7-8-20-37-3)24-11-9-13-26(31)21-24;1-31-26(21-28(34)15-4-3-5-16-28)13-14-27(33)32-18-9-11-24(22-32)29(35,17-6-7-19-36-2)23-10-8-12-25(30)20-23;1-21-11-3-2-9-17(20,15-7-5-10-19-13-15)14-6-4-8-16(18)12-14;1-13(2)10(9-12)8-11(14)6-4-3-5-7-11;/h9,11,13,21,25,27,35-36H,4-8,10,12,14-20,22-23H2,1-3H3;8,10,12,20,24,26,31,34-35H,3-7,9,11,13-19,21-22H2,1-2H3;4,6,8,12,15,19-20H,2-3,5,7,9-11,13H2,1H3;10,14H,3-9,12H2,1-2H3;1H/t25-,27?,30-;24-,26?,29-;15-,17-;;/m111../s1. The van der Waals surface area contributed by atoms with E-state index in [1.54, 1.807) is 51.7 Å². The van der Waals surface area contributed by atoms with Crippen LogP contribution in [-0.2, 0) is 40.6 Å². The number of nitrogens with zero attached hydrogens (tertiary/aromatic N) is 4. The monoisotopic (exact) mass is 1560 g/mol. The summed E-state index contributed by atoms with van der Waals surface area (Å²) in [7, 11) is 15.0. The molecule has 0 spiro atoms. The molecule has 22 heteroatoms. The van der Waals surface area contributed by atoms with Crippen LogP contribution in [0.25, 0.3) is 0 Å². The van der Waals surface area contributed by atoms with Crippen molar-refractivity contribution in [1.29, 1.82) is 0 Å². The van der Waals surface area contributed by atoms with Crippen LogP contribution in [0.2, 0.25) is 0 Å². The molecule has 0 bridgehead atoms. The Kier molecular flexibility index (Phi) is 43.1. The number of hydrogen-bond donors (Lipinski definition) is 9. The lowest BCUT2D eigenvalue weighted by atomic mass is 9.74. The minimum absolute atomic E-state index is 0. The van der Waals surface area contributed by atoms with E-state index in [1.165, 1.54) is 68.5 Å². The van der Waals surface area contributed by atoms with Crippen molar-refractivity contribution in [3.05, 3.63) is 107 Å². The average molecular weight is 1560 g/mol. The molecule has 0 radical (unpaired) electrons. The number of hydrogen-bond acceptors (Lipinski definition) is 16. The SMILES string of the molecule is CN(C)C(CN)CC1(O)CCCCC1.CNC(CCC(=O)N1CCC[C@@H]([C@@](O)(CCCCOC)c2cccc(F)c2)C1)CC1(O)CCCCC1.COCCCC[C@@](O)(c1cccc(F)c1)[C@@H]1CCCN(C(=O)CCC(CC2(O)CCCCC2)N(C)C)C1.COCCCC[C@@](O)(c1cccc(F)c1)[C@@H]1CCCNC1.Cl. The number of methoxy groups -OCH3 is 3. The number of piperidine rings is 3. The third-order valence-electron chi connectivity index (χ3n) is 25.1. The van der Waals surface area contributed by atoms with E-state index in [2.05, 4.69) is 20.4 Å². The zero-order valence-corrected chi connectivity index (χ0v) is 69.1. The van der Waals surface area contributed by atoms with E-state index in [-0.39, 0.29) is 71.5 Å². The Labute approximate surface area is 660 Å². The second-order valence-corrected chi connectivity index (χ2v) is 33.6. The number of carbonyl (C=O) groups excluding carboxylic acids is 2. The van der Waals surface area contributed by atoms with Crippen LogP contribution in [0.3, 0.4) is 0 Å². The Hall–Kier alpha value is -3.88. The number of nitrogens with one attached hydrogen (secondary N) is 2. The molecule has 0 aromatic heterocycles. The van der Waals surface area contributed by atoms with Crippen LogP contribution >= 0.6 is 12.4 Å². The molecular formula is C87H147ClF3N7O11. The molecule has 2 amide bonds. The van der Waals surface area contributed by atoms with E-state index in [4.69, 9.17) is 19.9 Å². The van der Waals surface area contributed by atoms with Gasteiger partial charge in [-0.25, -0.2) is 13.2 Å². The number of likely N-dealkylation sites (N-methyl/N-ethyl adjacent to an activating group) is 1. The number of rotatable bonds is 37. The summed E-state index contributed by atoms with van der Waals surface area (Å²) in [5.74, 6) is -0.966. The predicted octanol–water partition coefficient (Wildman–Crippen LogP) is 13.6. The van der Waals surface area contributed by atoms with Crippen LogP contribution in [0.1, 0.15) is 254 Å². The van der Waals surface area contributed by atoms with Gasteiger partial charge in [0.2, 0.25) is 11.8 Å². The van der Waals surface area contributed by atoms with Gasteiger partial charge in [0.1, 0.15) is 17.5 Å². The molecule has 3 aliphatic carbocycles. The number of nitrogens with two attached hydrogens (primary N) is 1. The van der Waals surface area contributed by atoms with Crippen LogP contribution in [0.15, 0.2) is 72.8 Å². The van der Waals surface area contributed by atoms with Crippen LogP contribution in [-0.4, -0.2) is 219 Å². The van der Waals surface area contributed by atoms with Gasteiger partial charge in [0, 0.05) is 129 Å². The van der Waals surface area contributed by atoms with Gasteiger partial charge in [-0.15, -0.1) is 12.4 Å². The number of unbranched alkanes of at least 4 members (excludes halogenated alkanes) is 3. The molecule has 9 rings (SSSR count). The van der Waals surface area contributed by atoms with Crippen molar-refractivity contribution in [3.8, 4) is 0 Å². The van der Waals surface area contributed by atoms with Crippen LogP contribution < -0.4 is 16.4 Å². The Morgan fingerprint density at radius 2 is 0.890 bits per heavy atom. The fraction of sp³-hybridized carbons (Fsp3) is 0.770. The molecule has 3 saturated heterocycles. The van der Waals surface area contributed by atoms with E-state index in [1.807, 2.05) is 51.1 Å². The highest BCUT2D eigenvalue weighted by Gasteiger charge is 2.45. The maximum absolute atomic E-state index is 14.1. The summed E-state index contributed by atoms with van der Waals surface area (Å²) >= 11 is 0. The molecule has 3 unspecified atom stereocenters. The number of benzene rings is 3. The first-order valence-electron chi connectivity index (χ1n) is 41.8. The average Bonchev–Trinajstić information content (AvgIpc) is 0.788. The lowest BCUT2D eigenvalue weighted by Gasteiger charge is -2.43. The van der Waals surface area contributed by atoms with Crippen molar-refractivity contribution in [2.24, 2.45) is 23.5 Å². The Bertz CT molecular complexity index is 3000. The van der Waals surface area contributed by atoms with Gasteiger partial charge in [-0.05, 0) is 262 Å². The highest BCUT2D eigenvalue weighted by atomic mass is 35.5. The molecule has 6 aliphatic rings. The maximum Gasteiger partial charge on any atom is 0.222 e. The van der Waals surface area contributed by atoms with Gasteiger partial charge in [-0.3, -0.25) is 9.59 Å². The molecular weight excluding hydrogens is 1410 g/mol. The van der Waals surface area contributed by atoms with E-state index in [9.17, 15) is 53.4 Å². The van der Waals surface area contributed by atoms with Gasteiger partial charge in [-0.2, -0.15) is 0 Å². The van der Waals surface area contributed by atoms with Crippen LogP contribution in [0.4, 0.5) is 13.2 Å². The molecule has 3 aromatic carbocycles. The summed E-state index contributed by atoms with van der Waals surface area (Å²) in [4.78, 5) is 34.6. The summed E-state index contributed by atoms with van der Waals surface area (Å²) in [6, 6.07) is 19.6. The first kappa shape index (κ1) is 95.7. The van der Waals surface area contributed by atoms with Gasteiger partial charge < -0.3 is 80.8 Å². The summed E-state index contributed by atoms with van der Waals surface area (Å²) < 4.78 is 57.2. The fourth-order valence-electron chi connectivity index (χ4n) is 18.2. The van der Waals surface area contributed by atoms with E-state index < -0.39 is 33.6 Å². The highest BCUT2D eigenvalue weighted by molar-refractivity contribution is 5.85. The Morgan fingerprint density at radius 1 is 0.532 bits per heavy atom. The van der Waals surface area contributed by atoms with Crippen molar-refractivity contribution in [1.82, 2.24) is 30.2 Å². The van der Waals surface area contributed by atoms with Crippen LogP contribution in [0, 0.1) is 35.2 Å². The number of likely N-dealkylation sites (tertiary alicyclic amines) is 2. The third-order valence-corrected chi connectivity index (χ3v) is 25.1. The summed E-state index contributed by atoms with van der Waals surface area (Å²) in [5.41, 5.74) is 2.59. The van der Waals surface area contributed by atoms with E-state index in [0.717, 1.165) is 161 Å². The molecule has 3 aromatic rings. The molecule has 3 aliphatic heterocycles. The topological polar surface area (TPSA) is 246 Å². The quantitative estimate of drug-likeness (QED) is 0.0244. The Morgan fingerprint density at radius 3 is 1.23 bits per heavy atom. The third kappa shape index (κ3) is 31.3. The molecule has 6 fully saturated rings. The fourth-order valence-corrected chi connectivity index (χ4v) is 18.2. The molecule has 109 heavy (non-hydrogen) atoms. The second-order valence-electron chi connectivity index (χ2n) is 33.6. The minimum Gasteiger partial charge on any atom is -0.390 e. The molecule has 9 atom stereocenters. The summed E-state index contributed by atoms with van der Waals surface area (Å²) in [6.07, 6.45) is 31.9. The Balaban J connectivity index is 0.000000275. The van der Waals surface area contributed by atoms with Crippen molar-refractivity contribution in [2.45, 2.75) is 289 Å². The van der Waals surface area contributed by atoms with Crippen LogP contribution in [0.5, 0.6) is 0 Å². The van der Waals surface area contributed by atoms with Gasteiger partial charge in [0.25, 0.3) is 0 Å². The van der Waals surface area contributed by atoms with Crippen molar-refractivity contribution < 1.29 is 67.6 Å². The van der Waals surface area contributed by atoms with E-state index >= 15 is 0 Å². The molecule has 624 valence electrons. The zero-order chi connectivity index (χ0) is 78.6. The number of aliphatic hydroxyl groups is 6. The minimum atomic E-state index is -1.19. The summed E-state index contributed by atoms with van der Waals surface area (Å²) in [6.45, 7) is 6.69. The van der Waals surface area contributed by atoms with E-state index in [0.29, 0.717) is 133 Å². The van der Waals surface area contributed by atoms with Crippen molar-refractivity contribution in [3.63, 3.8) is 0 Å². The molecule has 10 N–H and O–H groups in total. The number of halogens is 4.